The Labute approximate surface area is 116 Å². The second kappa shape index (κ2) is 5.92. The van der Waals surface area contributed by atoms with Crippen LogP contribution in [0.3, 0.4) is 0 Å². The molecule has 5 heteroatoms. The zero-order valence-electron chi connectivity index (χ0n) is 10.8. The zero-order valence-corrected chi connectivity index (χ0v) is 10.8. The van der Waals surface area contributed by atoms with Crippen molar-refractivity contribution in [1.82, 2.24) is 16.4 Å². The molecule has 1 saturated heterocycles. The first-order chi connectivity index (χ1) is 9.83. The van der Waals surface area contributed by atoms with Gasteiger partial charge in [-0.05, 0) is 29.8 Å². The quantitative estimate of drug-likeness (QED) is 0.750. The van der Waals surface area contributed by atoms with Gasteiger partial charge in [-0.15, -0.1) is 0 Å². The van der Waals surface area contributed by atoms with Crippen molar-refractivity contribution in [2.45, 2.75) is 12.1 Å². The molecule has 1 heterocycles. The van der Waals surface area contributed by atoms with Crippen LogP contribution in [0.2, 0.25) is 0 Å². The Morgan fingerprint density at radius 3 is 2.45 bits per heavy atom. The van der Waals surface area contributed by atoms with E-state index in [1.165, 1.54) is 17.7 Å². The number of benzene rings is 2. The van der Waals surface area contributed by atoms with E-state index in [1.807, 2.05) is 24.4 Å². The van der Waals surface area contributed by atoms with E-state index in [2.05, 4.69) is 33.5 Å². The predicted molar refractivity (Wildman–Crippen MR) is 76.9 cm³/mol. The second-order valence-electron chi connectivity index (χ2n) is 4.58. The zero-order chi connectivity index (χ0) is 13.8. The summed E-state index contributed by atoms with van der Waals surface area (Å²) in [5, 5.41) is 0. The number of rotatable bonds is 3. The molecular formula is C15H15FN4. The van der Waals surface area contributed by atoms with Gasteiger partial charge in [0.05, 0.1) is 17.8 Å². The lowest BCUT2D eigenvalue weighted by Gasteiger charge is -2.14. The summed E-state index contributed by atoms with van der Waals surface area (Å²) in [6, 6.07) is 16.3. The largest absolute Gasteiger partial charge is 0.259 e. The first kappa shape index (κ1) is 12.9. The lowest BCUT2D eigenvalue weighted by atomic mass is 10.0. The lowest BCUT2D eigenvalue weighted by molar-refractivity contribution is 0.555. The summed E-state index contributed by atoms with van der Waals surface area (Å²) in [7, 11) is 0. The van der Waals surface area contributed by atoms with Gasteiger partial charge in [-0.1, -0.05) is 30.3 Å². The van der Waals surface area contributed by atoms with Crippen LogP contribution in [0, 0.1) is 5.82 Å². The van der Waals surface area contributed by atoms with E-state index in [0.29, 0.717) is 0 Å². The summed E-state index contributed by atoms with van der Waals surface area (Å²) in [5.41, 5.74) is 11.1. The predicted octanol–water partition coefficient (Wildman–Crippen LogP) is 2.25. The molecule has 20 heavy (non-hydrogen) atoms. The molecule has 2 unspecified atom stereocenters. The molecule has 1 fully saturated rings. The molecule has 0 aliphatic carbocycles. The number of hydrogen-bond acceptors (Lipinski definition) is 4. The van der Waals surface area contributed by atoms with E-state index in [1.54, 1.807) is 12.1 Å². The Hall–Kier alpha value is -2.08. The summed E-state index contributed by atoms with van der Waals surface area (Å²) >= 11 is 0. The molecular weight excluding hydrogens is 255 g/mol. The molecule has 0 radical (unpaired) electrons. The molecule has 0 amide bonds. The van der Waals surface area contributed by atoms with Crippen molar-refractivity contribution in [2.75, 3.05) is 0 Å². The summed E-state index contributed by atoms with van der Waals surface area (Å²) in [6.45, 7) is 0. The van der Waals surface area contributed by atoms with E-state index in [0.717, 1.165) is 5.69 Å². The molecule has 1 aliphatic rings. The minimum Gasteiger partial charge on any atom is -0.259 e. The smallest absolute Gasteiger partial charge is 0.123 e. The standard InChI is InChI=1S/C15H15FN4/c16-12-6-8-13(9-7-12)17-10-14-15(19-20-18-14)11-4-2-1-3-5-11/h1-10,14-15,18-20H. The molecule has 2 aromatic rings. The Kier molecular flexibility index (Phi) is 3.83. The molecule has 2 atom stereocenters. The van der Waals surface area contributed by atoms with Crippen LogP contribution in [0.5, 0.6) is 0 Å². The van der Waals surface area contributed by atoms with Gasteiger partial charge in [-0.3, -0.25) is 4.99 Å². The van der Waals surface area contributed by atoms with Gasteiger partial charge >= 0.3 is 0 Å². The highest BCUT2D eigenvalue weighted by molar-refractivity contribution is 5.70. The maximum Gasteiger partial charge on any atom is 0.123 e. The molecule has 0 aromatic heterocycles. The average molecular weight is 270 g/mol. The van der Waals surface area contributed by atoms with Gasteiger partial charge in [0.15, 0.2) is 0 Å². The number of hydrogen-bond donors (Lipinski definition) is 3. The number of aliphatic imine (C=N–C) groups is 1. The molecule has 0 spiro atoms. The first-order valence-corrected chi connectivity index (χ1v) is 6.44. The number of halogens is 1. The maximum atomic E-state index is 12.8. The third-order valence-corrected chi connectivity index (χ3v) is 3.20. The molecule has 4 nitrogen and oxygen atoms in total. The second-order valence-corrected chi connectivity index (χ2v) is 4.58. The monoisotopic (exact) mass is 270 g/mol. The summed E-state index contributed by atoms with van der Waals surface area (Å²) in [4.78, 5) is 4.37. The Morgan fingerprint density at radius 2 is 1.70 bits per heavy atom. The highest BCUT2D eigenvalue weighted by Crippen LogP contribution is 2.18. The minimum absolute atomic E-state index is 0.0162. The van der Waals surface area contributed by atoms with Gasteiger partial charge in [-0.2, -0.15) is 5.53 Å². The van der Waals surface area contributed by atoms with Gasteiger partial charge < -0.3 is 0 Å². The first-order valence-electron chi connectivity index (χ1n) is 6.44. The Morgan fingerprint density at radius 1 is 0.950 bits per heavy atom. The molecule has 1 aliphatic heterocycles. The molecule has 102 valence electrons. The fraction of sp³-hybridized carbons (Fsp3) is 0.133. The fourth-order valence-corrected chi connectivity index (χ4v) is 2.14. The third-order valence-electron chi connectivity index (χ3n) is 3.20. The summed E-state index contributed by atoms with van der Waals surface area (Å²) < 4.78 is 12.8. The highest BCUT2D eigenvalue weighted by atomic mass is 19.1. The Balaban J connectivity index is 1.74. The van der Waals surface area contributed by atoms with Crippen molar-refractivity contribution in [3.05, 3.63) is 66.0 Å². The third kappa shape index (κ3) is 2.91. The minimum atomic E-state index is -0.256. The molecule has 0 saturated carbocycles. The molecule has 2 aromatic carbocycles. The van der Waals surface area contributed by atoms with Crippen LogP contribution in [-0.4, -0.2) is 12.3 Å². The topological polar surface area (TPSA) is 48.5 Å². The normalized spacial score (nSPS) is 22.4. The molecule has 3 rings (SSSR count). The van der Waals surface area contributed by atoms with Crippen LogP contribution in [0.1, 0.15) is 11.6 Å². The lowest BCUT2D eigenvalue weighted by Crippen LogP contribution is -2.33. The van der Waals surface area contributed by atoms with Gasteiger partial charge in [0.2, 0.25) is 0 Å². The van der Waals surface area contributed by atoms with Crippen molar-refractivity contribution >= 4 is 11.9 Å². The van der Waals surface area contributed by atoms with Crippen molar-refractivity contribution in [2.24, 2.45) is 4.99 Å². The SMILES string of the molecule is Fc1ccc(N=CC2NNNC2c2ccccc2)cc1. The average Bonchev–Trinajstić information content (AvgIpc) is 2.96. The van der Waals surface area contributed by atoms with E-state index in [-0.39, 0.29) is 17.9 Å². The van der Waals surface area contributed by atoms with Crippen LogP contribution in [-0.2, 0) is 0 Å². The van der Waals surface area contributed by atoms with Crippen LogP contribution < -0.4 is 16.4 Å². The van der Waals surface area contributed by atoms with Gasteiger partial charge in [0.1, 0.15) is 5.82 Å². The van der Waals surface area contributed by atoms with Gasteiger partial charge in [0.25, 0.3) is 0 Å². The van der Waals surface area contributed by atoms with Gasteiger partial charge in [-0.25, -0.2) is 15.2 Å². The number of nitrogens with one attached hydrogen (secondary N) is 3. The van der Waals surface area contributed by atoms with Crippen molar-refractivity contribution < 1.29 is 4.39 Å². The van der Waals surface area contributed by atoms with Crippen molar-refractivity contribution in [3.63, 3.8) is 0 Å². The van der Waals surface area contributed by atoms with Crippen LogP contribution in [0.4, 0.5) is 10.1 Å². The van der Waals surface area contributed by atoms with Gasteiger partial charge in [0, 0.05) is 6.21 Å². The van der Waals surface area contributed by atoms with E-state index >= 15 is 0 Å². The maximum absolute atomic E-state index is 12.8. The van der Waals surface area contributed by atoms with E-state index in [9.17, 15) is 4.39 Å². The van der Waals surface area contributed by atoms with Crippen molar-refractivity contribution in [3.8, 4) is 0 Å². The summed E-state index contributed by atoms with van der Waals surface area (Å²) in [5.74, 6) is -0.256. The van der Waals surface area contributed by atoms with Crippen molar-refractivity contribution in [1.29, 1.82) is 0 Å². The van der Waals surface area contributed by atoms with Crippen LogP contribution in [0.25, 0.3) is 0 Å². The van der Waals surface area contributed by atoms with E-state index in [4.69, 9.17) is 0 Å². The number of hydrazine groups is 2. The molecule has 3 N–H and O–H groups in total. The highest BCUT2D eigenvalue weighted by Gasteiger charge is 2.26. The fourth-order valence-electron chi connectivity index (χ4n) is 2.14. The van der Waals surface area contributed by atoms with E-state index < -0.39 is 0 Å². The van der Waals surface area contributed by atoms with Crippen LogP contribution in [0.15, 0.2) is 59.6 Å². The Bertz CT molecular complexity index is 583. The molecule has 0 bridgehead atoms. The number of nitrogens with zero attached hydrogens (tertiary/aromatic N) is 1. The van der Waals surface area contributed by atoms with Crippen LogP contribution >= 0.6 is 0 Å². The summed E-state index contributed by atoms with van der Waals surface area (Å²) in [6.07, 6.45) is 1.82.